The number of amides is 1. The topological polar surface area (TPSA) is 105 Å². The predicted molar refractivity (Wildman–Crippen MR) is 158 cm³/mol. The molecule has 2 aromatic heterocycles. The molecule has 0 aliphatic heterocycles. The zero-order valence-corrected chi connectivity index (χ0v) is 24.5. The van der Waals surface area contributed by atoms with Gasteiger partial charge in [0.05, 0.1) is 20.0 Å². The van der Waals surface area contributed by atoms with Gasteiger partial charge in [-0.1, -0.05) is 41.6 Å². The number of nitrogens with one attached hydrogen (secondary N) is 1. The number of carbonyl (C=O) groups is 2. The smallest absolute Gasteiger partial charge is 0.341 e. The molecule has 0 aliphatic carbocycles. The van der Waals surface area contributed by atoms with Crippen LogP contribution in [0.3, 0.4) is 0 Å². The molecule has 9 nitrogen and oxygen atoms in total. The number of methoxy groups -OCH3 is 2. The number of hydrogen-bond acceptors (Lipinski definition) is 9. The summed E-state index contributed by atoms with van der Waals surface area (Å²) in [6.45, 7) is 6.35. The van der Waals surface area contributed by atoms with E-state index in [0.29, 0.717) is 50.2 Å². The highest BCUT2D eigenvalue weighted by Crippen LogP contribution is 2.37. The van der Waals surface area contributed by atoms with E-state index >= 15 is 0 Å². The normalized spacial score (nSPS) is 10.7. The molecule has 0 unspecified atom stereocenters. The lowest BCUT2D eigenvalue weighted by molar-refractivity contribution is -0.113. The van der Waals surface area contributed by atoms with Crippen LogP contribution in [0, 0.1) is 6.92 Å². The van der Waals surface area contributed by atoms with Crippen LogP contribution in [-0.4, -0.2) is 46.6 Å². The molecule has 0 atom stereocenters. The molecule has 0 saturated carbocycles. The first-order valence-corrected chi connectivity index (χ1v) is 14.3. The molecule has 0 aliphatic rings. The number of benzene rings is 2. The summed E-state index contributed by atoms with van der Waals surface area (Å²) in [5, 5.41) is 14.7. The molecule has 40 heavy (non-hydrogen) atoms. The highest BCUT2D eigenvalue weighted by atomic mass is 35.5. The maximum Gasteiger partial charge on any atom is 0.341 e. The third-order valence-corrected chi connectivity index (χ3v) is 7.86. The maximum atomic E-state index is 12.9. The summed E-state index contributed by atoms with van der Waals surface area (Å²) >= 11 is 8.50. The number of ether oxygens (including phenoxy) is 3. The van der Waals surface area contributed by atoms with Gasteiger partial charge >= 0.3 is 5.97 Å². The van der Waals surface area contributed by atoms with E-state index in [1.807, 2.05) is 35.1 Å². The first-order chi connectivity index (χ1) is 19.3. The van der Waals surface area contributed by atoms with Gasteiger partial charge in [-0.25, -0.2) is 4.79 Å². The predicted octanol–water partition coefficient (Wildman–Crippen LogP) is 6.26. The Morgan fingerprint density at radius 1 is 1.18 bits per heavy atom. The third-order valence-electron chi connectivity index (χ3n) is 5.77. The van der Waals surface area contributed by atoms with Gasteiger partial charge in [0.25, 0.3) is 0 Å². The van der Waals surface area contributed by atoms with Crippen molar-refractivity contribution in [1.82, 2.24) is 14.8 Å². The average molecular weight is 599 g/mol. The molecule has 1 N–H and O–H groups in total. The van der Waals surface area contributed by atoms with Crippen LogP contribution in [0.1, 0.15) is 21.7 Å². The standard InChI is InChI=1S/C28H27ClN4O5S2/c1-5-12-33-23(14-38-22-11-8-19(29)13-17(22)2)31-32-28(33)40-16-24(34)30-26-25(27(35)37-4)21(15-39-26)18-6-9-20(36-3)10-7-18/h5-11,13,15H,1,12,14,16H2,2-4H3,(H,30,34). The molecular weight excluding hydrogens is 572 g/mol. The first kappa shape index (κ1) is 29.2. The van der Waals surface area contributed by atoms with Crippen LogP contribution in [-0.2, 0) is 22.7 Å². The van der Waals surface area contributed by atoms with Gasteiger partial charge in [0, 0.05) is 22.5 Å². The number of thiophene rings is 1. The summed E-state index contributed by atoms with van der Waals surface area (Å²) in [7, 11) is 2.89. The zero-order valence-electron chi connectivity index (χ0n) is 22.1. The van der Waals surface area contributed by atoms with E-state index < -0.39 is 5.97 Å². The summed E-state index contributed by atoms with van der Waals surface area (Å²) in [4.78, 5) is 25.6. The van der Waals surface area contributed by atoms with Crippen LogP contribution in [0.4, 0.5) is 5.00 Å². The van der Waals surface area contributed by atoms with Gasteiger partial charge in [0.15, 0.2) is 11.0 Å². The molecule has 4 aromatic rings. The number of allylic oxidation sites excluding steroid dienone is 1. The van der Waals surface area contributed by atoms with Crippen LogP contribution in [0.2, 0.25) is 5.02 Å². The molecule has 0 bridgehead atoms. The highest BCUT2D eigenvalue weighted by molar-refractivity contribution is 7.99. The largest absolute Gasteiger partial charge is 0.497 e. The maximum absolute atomic E-state index is 12.9. The average Bonchev–Trinajstić information content (AvgIpc) is 3.55. The zero-order chi connectivity index (χ0) is 28.6. The van der Waals surface area contributed by atoms with Gasteiger partial charge < -0.3 is 19.5 Å². The second-order valence-electron chi connectivity index (χ2n) is 8.41. The van der Waals surface area contributed by atoms with Crippen molar-refractivity contribution in [3.05, 3.63) is 82.5 Å². The Hall–Kier alpha value is -3.80. The fourth-order valence-electron chi connectivity index (χ4n) is 3.79. The number of nitrogens with zero attached hydrogens (tertiary/aromatic N) is 3. The molecular formula is C28H27ClN4O5S2. The molecule has 208 valence electrons. The number of esters is 1. The summed E-state index contributed by atoms with van der Waals surface area (Å²) in [6, 6.07) is 12.7. The minimum absolute atomic E-state index is 0.0445. The van der Waals surface area contributed by atoms with Crippen molar-refractivity contribution >= 4 is 51.6 Å². The number of anilines is 1. The van der Waals surface area contributed by atoms with Crippen LogP contribution in [0.15, 0.2) is 65.7 Å². The monoisotopic (exact) mass is 598 g/mol. The van der Waals surface area contributed by atoms with E-state index in [1.165, 1.54) is 30.2 Å². The number of thioether (sulfide) groups is 1. The van der Waals surface area contributed by atoms with E-state index in [0.717, 1.165) is 11.1 Å². The van der Waals surface area contributed by atoms with Crippen molar-refractivity contribution in [3.8, 4) is 22.6 Å². The van der Waals surface area contributed by atoms with Crippen LogP contribution < -0.4 is 14.8 Å². The fraction of sp³-hybridized carbons (Fsp3) is 0.214. The molecule has 4 rings (SSSR count). The van der Waals surface area contributed by atoms with Crippen molar-refractivity contribution in [3.63, 3.8) is 0 Å². The van der Waals surface area contributed by atoms with Crippen molar-refractivity contribution in [2.75, 3.05) is 25.3 Å². The molecule has 2 aromatic carbocycles. The summed E-state index contributed by atoms with van der Waals surface area (Å²) in [6.07, 6.45) is 1.72. The van der Waals surface area contributed by atoms with Crippen LogP contribution in [0.5, 0.6) is 11.5 Å². The Morgan fingerprint density at radius 2 is 1.95 bits per heavy atom. The number of carbonyl (C=O) groups excluding carboxylic acids is 2. The number of hydrogen-bond donors (Lipinski definition) is 1. The van der Waals surface area contributed by atoms with Crippen molar-refractivity contribution in [2.45, 2.75) is 25.2 Å². The molecule has 12 heteroatoms. The Balaban J connectivity index is 1.45. The lowest BCUT2D eigenvalue weighted by Crippen LogP contribution is -2.16. The van der Waals surface area contributed by atoms with Gasteiger partial charge in [-0.05, 0) is 48.4 Å². The quantitative estimate of drug-likeness (QED) is 0.116. The van der Waals surface area contributed by atoms with Crippen LogP contribution in [0.25, 0.3) is 11.1 Å². The minimum atomic E-state index is -0.540. The molecule has 0 spiro atoms. The fourth-order valence-corrected chi connectivity index (χ4v) is 5.76. The Kier molecular flexibility index (Phi) is 9.86. The van der Waals surface area contributed by atoms with E-state index in [1.54, 1.807) is 37.5 Å². The second-order valence-corrected chi connectivity index (χ2v) is 10.7. The first-order valence-electron chi connectivity index (χ1n) is 12.0. The minimum Gasteiger partial charge on any atom is -0.497 e. The van der Waals surface area contributed by atoms with E-state index in [-0.39, 0.29) is 18.3 Å². The van der Waals surface area contributed by atoms with Gasteiger partial charge in [0.1, 0.15) is 28.7 Å². The van der Waals surface area contributed by atoms with Gasteiger partial charge in [-0.15, -0.1) is 28.1 Å². The SMILES string of the molecule is C=CCn1c(COc2ccc(Cl)cc2C)nnc1SCC(=O)Nc1scc(-c2ccc(OC)cc2)c1C(=O)OC. The number of rotatable bonds is 12. The number of aryl methyl sites for hydroxylation is 1. The number of aromatic nitrogens is 3. The van der Waals surface area contributed by atoms with Crippen molar-refractivity contribution < 1.29 is 23.8 Å². The lowest BCUT2D eigenvalue weighted by Gasteiger charge is -2.11. The summed E-state index contributed by atoms with van der Waals surface area (Å²) in [5.41, 5.74) is 2.66. The Bertz CT molecular complexity index is 1520. The highest BCUT2D eigenvalue weighted by Gasteiger charge is 2.23. The van der Waals surface area contributed by atoms with Gasteiger partial charge in [-0.2, -0.15) is 0 Å². The molecule has 2 heterocycles. The molecule has 0 radical (unpaired) electrons. The van der Waals surface area contributed by atoms with Crippen LogP contribution >= 0.6 is 34.7 Å². The van der Waals surface area contributed by atoms with Gasteiger partial charge in [-0.3, -0.25) is 9.36 Å². The van der Waals surface area contributed by atoms with E-state index in [4.69, 9.17) is 25.8 Å². The van der Waals surface area contributed by atoms with E-state index in [2.05, 4.69) is 22.1 Å². The summed E-state index contributed by atoms with van der Waals surface area (Å²) in [5.74, 6) is 1.18. The molecule has 0 saturated heterocycles. The van der Waals surface area contributed by atoms with Crippen molar-refractivity contribution in [2.24, 2.45) is 0 Å². The van der Waals surface area contributed by atoms with Crippen molar-refractivity contribution in [1.29, 1.82) is 0 Å². The lowest BCUT2D eigenvalue weighted by atomic mass is 10.0. The Morgan fingerprint density at radius 3 is 2.62 bits per heavy atom. The third kappa shape index (κ3) is 6.85. The number of halogens is 1. The van der Waals surface area contributed by atoms with Gasteiger partial charge in [0.2, 0.25) is 5.91 Å². The second kappa shape index (κ2) is 13.5. The molecule has 1 amide bonds. The van der Waals surface area contributed by atoms with E-state index in [9.17, 15) is 9.59 Å². The molecule has 0 fully saturated rings. The Labute approximate surface area is 245 Å². The summed E-state index contributed by atoms with van der Waals surface area (Å²) < 4.78 is 18.0.